The molecule has 0 heterocycles. The summed E-state index contributed by atoms with van der Waals surface area (Å²) in [6.07, 6.45) is 1.25. The van der Waals surface area contributed by atoms with E-state index in [2.05, 4.69) is 19.2 Å². The first-order valence-corrected chi connectivity index (χ1v) is 6.12. The van der Waals surface area contributed by atoms with Gasteiger partial charge in [0.05, 0.1) is 6.10 Å². The van der Waals surface area contributed by atoms with Crippen molar-refractivity contribution in [2.24, 2.45) is 0 Å². The van der Waals surface area contributed by atoms with E-state index in [1.807, 2.05) is 24.3 Å². The average molecular weight is 242 g/mol. The number of aliphatic hydroxyl groups excluding tert-OH is 1. The van der Waals surface area contributed by atoms with Crippen LogP contribution in [0.15, 0.2) is 24.3 Å². The van der Waals surface area contributed by atoms with Crippen LogP contribution in [0.5, 0.6) is 0 Å². The summed E-state index contributed by atoms with van der Waals surface area (Å²) in [6.45, 7) is 4.78. The summed E-state index contributed by atoms with van der Waals surface area (Å²) in [6, 6.07) is 8.19. The fraction of sp³-hybridized carbons (Fsp3) is 0.538. The minimum absolute atomic E-state index is 0.307. The highest BCUT2D eigenvalue weighted by molar-refractivity contribution is 6.31. The third-order valence-corrected chi connectivity index (χ3v) is 2.84. The molecule has 0 amide bonds. The quantitative estimate of drug-likeness (QED) is 0.803. The summed E-state index contributed by atoms with van der Waals surface area (Å²) in [7, 11) is 0. The van der Waals surface area contributed by atoms with E-state index in [4.69, 9.17) is 11.6 Å². The normalized spacial score (nSPS) is 13.1. The van der Waals surface area contributed by atoms with E-state index in [1.54, 1.807) is 0 Å². The molecule has 0 aliphatic carbocycles. The molecule has 90 valence electrons. The van der Waals surface area contributed by atoms with Gasteiger partial charge in [-0.15, -0.1) is 0 Å². The fourth-order valence-corrected chi connectivity index (χ4v) is 1.73. The molecule has 1 atom stereocenters. The molecule has 0 radical (unpaired) electrons. The molecule has 3 heteroatoms. The summed E-state index contributed by atoms with van der Waals surface area (Å²) in [4.78, 5) is 0. The van der Waals surface area contributed by atoms with Crippen LogP contribution in [-0.2, 0) is 6.42 Å². The van der Waals surface area contributed by atoms with Crippen molar-refractivity contribution in [3.8, 4) is 0 Å². The van der Waals surface area contributed by atoms with Crippen LogP contribution >= 0.6 is 11.6 Å². The van der Waals surface area contributed by atoms with Crippen molar-refractivity contribution < 1.29 is 5.11 Å². The van der Waals surface area contributed by atoms with Gasteiger partial charge in [-0.1, -0.05) is 43.6 Å². The Balaban J connectivity index is 2.31. The Kier molecular flexibility index (Phi) is 5.81. The molecule has 1 unspecified atom stereocenters. The average Bonchev–Trinajstić information content (AvgIpc) is 2.25. The van der Waals surface area contributed by atoms with E-state index < -0.39 is 0 Å². The number of rotatable bonds is 6. The Hall–Kier alpha value is -0.570. The Morgan fingerprint density at radius 2 is 2.00 bits per heavy atom. The molecule has 0 bridgehead atoms. The van der Waals surface area contributed by atoms with Crippen LogP contribution in [0.4, 0.5) is 0 Å². The number of hydrogen-bond donors (Lipinski definition) is 2. The van der Waals surface area contributed by atoms with E-state index >= 15 is 0 Å². The second-order valence-electron chi connectivity index (χ2n) is 4.35. The second kappa shape index (κ2) is 6.89. The predicted octanol–water partition coefficient (Wildman–Crippen LogP) is 2.63. The van der Waals surface area contributed by atoms with Crippen molar-refractivity contribution in [3.05, 3.63) is 34.9 Å². The summed E-state index contributed by atoms with van der Waals surface area (Å²) < 4.78 is 0. The third-order valence-electron chi connectivity index (χ3n) is 2.47. The van der Waals surface area contributed by atoms with Gasteiger partial charge in [0.25, 0.3) is 0 Å². The van der Waals surface area contributed by atoms with Crippen molar-refractivity contribution in [2.45, 2.75) is 38.8 Å². The molecule has 2 nitrogen and oxygen atoms in total. The maximum atomic E-state index is 9.74. The molecule has 0 saturated heterocycles. The molecule has 1 aromatic carbocycles. The van der Waals surface area contributed by atoms with Gasteiger partial charge in [0.1, 0.15) is 0 Å². The lowest BCUT2D eigenvalue weighted by Crippen LogP contribution is -2.32. The standard InChI is InChI=1S/C13H20ClNO/c1-10(2)15-9-12(16)8-7-11-5-3-4-6-13(11)14/h3-6,10,12,15-16H,7-9H2,1-2H3. The van der Waals surface area contributed by atoms with Crippen molar-refractivity contribution >= 4 is 11.6 Å². The van der Waals surface area contributed by atoms with E-state index in [1.165, 1.54) is 0 Å². The molecule has 0 aromatic heterocycles. The smallest absolute Gasteiger partial charge is 0.0667 e. The molecule has 0 aliphatic heterocycles. The summed E-state index contributed by atoms with van der Waals surface area (Å²) in [5.74, 6) is 0. The Labute approximate surface area is 103 Å². The van der Waals surface area contributed by atoms with E-state index in [-0.39, 0.29) is 6.10 Å². The molecular weight excluding hydrogens is 222 g/mol. The molecule has 0 spiro atoms. The summed E-state index contributed by atoms with van der Waals surface area (Å²) >= 11 is 6.04. The van der Waals surface area contributed by atoms with Gasteiger partial charge in [-0.2, -0.15) is 0 Å². The van der Waals surface area contributed by atoms with Crippen LogP contribution in [0.3, 0.4) is 0 Å². The zero-order valence-corrected chi connectivity index (χ0v) is 10.7. The monoisotopic (exact) mass is 241 g/mol. The SMILES string of the molecule is CC(C)NCC(O)CCc1ccccc1Cl. The molecule has 0 fully saturated rings. The van der Waals surface area contributed by atoms with Gasteiger partial charge >= 0.3 is 0 Å². The first kappa shape index (κ1) is 13.5. The van der Waals surface area contributed by atoms with Crippen LogP contribution in [0.25, 0.3) is 0 Å². The number of benzene rings is 1. The topological polar surface area (TPSA) is 32.3 Å². The van der Waals surface area contributed by atoms with Crippen LogP contribution in [0.1, 0.15) is 25.8 Å². The van der Waals surface area contributed by atoms with Crippen molar-refractivity contribution in [1.29, 1.82) is 0 Å². The number of aliphatic hydroxyl groups is 1. The fourth-order valence-electron chi connectivity index (χ4n) is 1.50. The van der Waals surface area contributed by atoms with Gasteiger partial charge in [-0.3, -0.25) is 0 Å². The molecular formula is C13H20ClNO. The molecule has 16 heavy (non-hydrogen) atoms. The van der Waals surface area contributed by atoms with Gasteiger partial charge in [-0.25, -0.2) is 0 Å². The molecule has 1 aromatic rings. The number of halogens is 1. The summed E-state index contributed by atoms with van der Waals surface area (Å²) in [5.41, 5.74) is 1.10. The number of aryl methyl sites for hydroxylation is 1. The van der Waals surface area contributed by atoms with Crippen LogP contribution in [0, 0.1) is 0 Å². The highest BCUT2D eigenvalue weighted by atomic mass is 35.5. The third kappa shape index (κ3) is 4.97. The van der Waals surface area contributed by atoms with Crippen molar-refractivity contribution in [3.63, 3.8) is 0 Å². The highest BCUT2D eigenvalue weighted by Gasteiger charge is 2.06. The Morgan fingerprint density at radius 3 is 2.62 bits per heavy atom. The molecule has 0 saturated carbocycles. The molecule has 0 aliphatic rings. The van der Waals surface area contributed by atoms with Crippen LogP contribution in [0.2, 0.25) is 5.02 Å². The minimum Gasteiger partial charge on any atom is -0.392 e. The van der Waals surface area contributed by atoms with E-state index in [0.29, 0.717) is 12.6 Å². The predicted molar refractivity (Wildman–Crippen MR) is 68.9 cm³/mol. The van der Waals surface area contributed by atoms with Crippen molar-refractivity contribution in [1.82, 2.24) is 5.32 Å². The summed E-state index contributed by atoms with van der Waals surface area (Å²) in [5, 5.41) is 13.7. The van der Waals surface area contributed by atoms with Gasteiger partial charge in [0, 0.05) is 17.6 Å². The first-order chi connectivity index (χ1) is 7.59. The lowest BCUT2D eigenvalue weighted by molar-refractivity contribution is 0.159. The first-order valence-electron chi connectivity index (χ1n) is 5.74. The zero-order chi connectivity index (χ0) is 12.0. The Morgan fingerprint density at radius 1 is 1.31 bits per heavy atom. The largest absolute Gasteiger partial charge is 0.392 e. The van der Waals surface area contributed by atoms with Crippen molar-refractivity contribution in [2.75, 3.05) is 6.54 Å². The van der Waals surface area contributed by atoms with Crippen LogP contribution in [-0.4, -0.2) is 23.8 Å². The lowest BCUT2D eigenvalue weighted by atomic mass is 10.1. The van der Waals surface area contributed by atoms with Gasteiger partial charge in [-0.05, 0) is 24.5 Å². The second-order valence-corrected chi connectivity index (χ2v) is 4.75. The maximum Gasteiger partial charge on any atom is 0.0667 e. The van der Waals surface area contributed by atoms with Gasteiger partial charge in [0.15, 0.2) is 0 Å². The number of hydrogen-bond acceptors (Lipinski definition) is 2. The lowest BCUT2D eigenvalue weighted by Gasteiger charge is -2.14. The van der Waals surface area contributed by atoms with Crippen LogP contribution < -0.4 is 5.32 Å². The molecule has 2 N–H and O–H groups in total. The van der Waals surface area contributed by atoms with Gasteiger partial charge in [0.2, 0.25) is 0 Å². The maximum absolute atomic E-state index is 9.74. The molecule has 1 rings (SSSR count). The van der Waals surface area contributed by atoms with E-state index in [9.17, 15) is 5.11 Å². The highest BCUT2D eigenvalue weighted by Crippen LogP contribution is 2.17. The van der Waals surface area contributed by atoms with Gasteiger partial charge < -0.3 is 10.4 Å². The number of nitrogens with one attached hydrogen (secondary N) is 1. The Bertz CT molecular complexity index is 315. The minimum atomic E-state index is -0.307. The zero-order valence-electron chi connectivity index (χ0n) is 9.91. The van der Waals surface area contributed by atoms with E-state index in [0.717, 1.165) is 23.4 Å².